The molecule has 3 nitrogen and oxygen atoms in total. The van der Waals surface area contributed by atoms with Gasteiger partial charge in [0.05, 0.1) is 11.3 Å². The van der Waals surface area contributed by atoms with Crippen molar-refractivity contribution in [3.63, 3.8) is 0 Å². The van der Waals surface area contributed by atoms with E-state index >= 15 is 0 Å². The molecule has 0 aliphatic carbocycles. The van der Waals surface area contributed by atoms with Gasteiger partial charge in [-0.25, -0.2) is 4.98 Å². The number of esters is 1. The number of nitrogens with zero attached hydrogens (tertiary/aromatic N) is 1. The van der Waals surface area contributed by atoms with E-state index in [1.54, 1.807) is 30.3 Å². The van der Waals surface area contributed by atoms with E-state index in [9.17, 15) is 18.0 Å². The van der Waals surface area contributed by atoms with Crippen LogP contribution in [0.1, 0.15) is 38.2 Å². The Morgan fingerprint density at radius 1 is 1.04 bits per heavy atom. The summed E-state index contributed by atoms with van der Waals surface area (Å²) >= 11 is 0. The first-order valence-corrected chi connectivity index (χ1v) is 9.16. The van der Waals surface area contributed by atoms with Gasteiger partial charge >= 0.3 is 12.1 Å². The monoisotopic (exact) mass is 387 g/mol. The molecule has 0 spiro atoms. The second-order valence-corrected chi connectivity index (χ2v) is 6.53. The number of hydrogen-bond donors (Lipinski definition) is 0. The summed E-state index contributed by atoms with van der Waals surface area (Å²) in [5.41, 5.74) is 0.442. The number of aromatic nitrogens is 1. The summed E-state index contributed by atoms with van der Waals surface area (Å²) in [6.07, 6.45) is -1.40. The summed E-state index contributed by atoms with van der Waals surface area (Å²) in [5.74, 6) is -0.0277. The quantitative estimate of drug-likeness (QED) is 0.279. The van der Waals surface area contributed by atoms with E-state index in [-0.39, 0.29) is 5.97 Å². The zero-order chi connectivity index (χ0) is 20.1. The van der Waals surface area contributed by atoms with Crippen molar-refractivity contribution in [2.75, 3.05) is 0 Å². The minimum Gasteiger partial charge on any atom is -0.424 e. The molecule has 0 N–H and O–H groups in total. The van der Waals surface area contributed by atoms with Gasteiger partial charge in [0.2, 0.25) is 0 Å². The minimum absolute atomic E-state index is 0.313. The minimum atomic E-state index is -4.42. The van der Waals surface area contributed by atoms with Crippen LogP contribution in [0.4, 0.5) is 13.2 Å². The topological polar surface area (TPSA) is 39.2 Å². The molecule has 3 aromatic rings. The van der Waals surface area contributed by atoms with Crippen LogP contribution >= 0.6 is 0 Å². The number of rotatable bonds is 6. The van der Waals surface area contributed by atoms with Crippen LogP contribution in [0.15, 0.2) is 54.6 Å². The van der Waals surface area contributed by atoms with Crippen LogP contribution in [-0.2, 0) is 11.0 Å². The van der Waals surface area contributed by atoms with Crippen molar-refractivity contribution in [2.24, 2.45) is 0 Å². The molecule has 0 unspecified atom stereocenters. The molecule has 0 radical (unpaired) electrons. The molecule has 0 atom stereocenters. The number of ether oxygens (including phenoxy) is 1. The molecule has 0 amide bonds. The third-order valence-electron chi connectivity index (χ3n) is 4.38. The third kappa shape index (κ3) is 4.68. The number of halogens is 3. The van der Waals surface area contributed by atoms with Crippen LogP contribution in [0.25, 0.3) is 22.2 Å². The Kier molecular flexibility index (Phi) is 5.97. The average molecular weight is 387 g/mol. The molecule has 2 aromatic carbocycles. The number of alkyl halides is 3. The Labute approximate surface area is 161 Å². The van der Waals surface area contributed by atoms with Gasteiger partial charge in [-0.15, -0.1) is 0 Å². The first-order chi connectivity index (χ1) is 13.4. The van der Waals surface area contributed by atoms with Crippen LogP contribution in [0.3, 0.4) is 0 Å². The number of hydrogen-bond acceptors (Lipinski definition) is 3. The lowest BCUT2D eigenvalue weighted by Crippen LogP contribution is -2.08. The van der Waals surface area contributed by atoms with Gasteiger partial charge < -0.3 is 4.74 Å². The zero-order valence-corrected chi connectivity index (χ0v) is 15.4. The number of para-hydroxylation sites is 1. The second kappa shape index (κ2) is 8.42. The van der Waals surface area contributed by atoms with E-state index in [1.807, 2.05) is 6.07 Å². The lowest BCUT2D eigenvalue weighted by Gasteiger charge is -2.11. The highest BCUT2D eigenvalue weighted by molar-refractivity contribution is 5.89. The normalized spacial score (nSPS) is 11.6. The highest BCUT2D eigenvalue weighted by atomic mass is 19.4. The van der Waals surface area contributed by atoms with Gasteiger partial charge in [0, 0.05) is 17.4 Å². The molecule has 0 saturated heterocycles. The fraction of sp³-hybridized carbons (Fsp3) is 0.273. The number of unbranched alkanes of at least 4 members (excludes halogenated alkanes) is 2. The molecule has 146 valence electrons. The lowest BCUT2D eigenvalue weighted by molar-refractivity contribution is -0.137. The van der Waals surface area contributed by atoms with E-state index in [2.05, 4.69) is 11.9 Å². The number of fused-ring (bicyclic) bond motifs is 1. The second-order valence-electron chi connectivity index (χ2n) is 6.53. The molecule has 0 bridgehead atoms. The summed E-state index contributed by atoms with van der Waals surface area (Å²) in [4.78, 5) is 16.5. The Morgan fingerprint density at radius 3 is 2.57 bits per heavy atom. The van der Waals surface area contributed by atoms with E-state index in [0.717, 1.165) is 36.8 Å². The van der Waals surface area contributed by atoms with Crippen molar-refractivity contribution < 1.29 is 22.7 Å². The Bertz CT molecular complexity index is 983. The summed E-state index contributed by atoms with van der Waals surface area (Å²) in [6, 6.07) is 13.6. The lowest BCUT2D eigenvalue weighted by atomic mass is 10.1. The predicted octanol–water partition coefficient (Wildman–Crippen LogP) is 6.41. The van der Waals surface area contributed by atoms with Crippen molar-refractivity contribution in [2.45, 2.75) is 38.8 Å². The van der Waals surface area contributed by atoms with Crippen molar-refractivity contribution in [1.29, 1.82) is 0 Å². The Balaban J connectivity index is 1.94. The molecule has 0 fully saturated rings. The molecular weight excluding hydrogens is 367 g/mol. The number of benzene rings is 2. The summed E-state index contributed by atoms with van der Waals surface area (Å²) in [5, 5.41) is 0.745. The van der Waals surface area contributed by atoms with E-state index in [4.69, 9.17) is 4.74 Å². The molecule has 0 aliphatic heterocycles. The Hall–Kier alpha value is -2.89. The number of carbonyl (C=O) groups is 1. The van der Waals surface area contributed by atoms with Gasteiger partial charge in [-0.1, -0.05) is 50.1 Å². The average Bonchev–Trinajstić information content (AvgIpc) is 2.67. The zero-order valence-electron chi connectivity index (χ0n) is 15.4. The van der Waals surface area contributed by atoms with Gasteiger partial charge in [0.25, 0.3) is 0 Å². The largest absolute Gasteiger partial charge is 0.424 e. The molecular formula is C22H20F3NO2. The van der Waals surface area contributed by atoms with E-state index in [0.29, 0.717) is 28.9 Å². The molecule has 28 heavy (non-hydrogen) atoms. The van der Waals surface area contributed by atoms with Crippen molar-refractivity contribution in [1.82, 2.24) is 4.98 Å². The van der Waals surface area contributed by atoms with Crippen LogP contribution in [0, 0.1) is 0 Å². The number of carbonyl (C=O) groups excluding carboxylic acids is 1. The summed E-state index contributed by atoms with van der Waals surface area (Å²) in [6.45, 7) is 2.05. The van der Waals surface area contributed by atoms with Crippen LogP contribution in [-0.4, -0.2) is 11.0 Å². The SMILES string of the molecule is CCCCCC(=O)Oc1cccc2ccc(-c3cccc(C(F)(F)F)c3)nc12. The highest BCUT2D eigenvalue weighted by Crippen LogP contribution is 2.33. The fourth-order valence-electron chi connectivity index (χ4n) is 2.91. The first kappa shape index (κ1) is 19.9. The molecule has 3 rings (SSSR count). The third-order valence-corrected chi connectivity index (χ3v) is 4.38. The van der Waals surface area contributed by atoms with Gasteiger partial charge in [-0.3, -0.25) is 4.79 Å². The van der Waals surface area contributed by atoms with Gasteiger partial charge in [-0.05, 0) is 30.7 Å². The van der Waals surface area contributed by atoms with E-state index in [1.165, 1.54) is 6.07 Å². The maximum absolute atomic E-state index is 13.0. The van der Waals surface area contributed by atoms with Crippen molar-refractivity contribution in [3.05, 3.63) is 60.2 Å². The first-order valence-electron chi connectivity index (χ1n) is 9.16. The van der Waals surface area contributed by atoms with Crippen LogP contribution in [0.5, 0.6) is 5.75 Å². The summed E-state index contributed by atoms with van der Waals surface area (Å²) in [7, 11) is 0. The molecule has 0 aliphatic rings. The molecule has 6 heteroatoms. The van der Waals surface area contributed by atoms with E-state index < -0.39 is 11.7 Å². The molecule has 0 saturated carbocycles. The highest BCUT2D eigenvalue weighted by Gasteiger charge is 2.30. The fourth-order valence-corrected chi connectivity index (χ4v) is 2.91. The predicted molar refractivity (Wildman–Crippen MR) is 102 cm³/mol. The van der Waals surface area contributed by atoms with Gasteiger partial charge in [0.15, 0.2) is 5.75 Å². The van der Waals surface area contributed by atoms with Gasteiger partial charge in [0.1, 0.15) is 5.52 Å². The van der Waals surface area contributed by atoms with Crippen molar-refractivity contribution >= 4 is 16.9 Å². The van der Waals surface area contributed by atoms with Crippen molar-refractivity contribution in [3.8, 4) is 17.0 Å². The maximum Gasteiger partial charge on any atom is 0.416 e. The molecule has 1 heterocycles. The smallest absolute Gasteiger partial charge is 0.416 e. The Morgan fingerprint density at radius 2 is 1.82 bits per heavy atom. The van der Waals surface area contributed by atoms with Gasteiger partial charge in [-0.2, -0.15) is 13.2 Å². The van der Waals surface area contributed by atoms with Crippen LogP contribution < -0.4 is 4.74 Å². The summed E-state index contributed by atoms with van der Waals surface area (Å²) < 4.78 is 44.4. The van der Waals surface area contributed by atoms with Crippen LogP contribution in [0.2, 0.25) is 0 Å². The molecule has 1 aromatic heterocycles. The maximum atomic E-state index is 13.0. The number of pyridine rings is 1. The standard InChI is InChI=1S/C22H20F3NO2/c1-2-3-4-11-20(27)28-19-10-6-7-15-12-13-18(26-21(15)19)16-8-5-9-17(14-16)22(23,24)25/h5-10,12-14H,2-4,11H2,1H3.